The molecule has 1 aromatic rings. The third-order valence-electron chi connectivity index (χ3n) is 5.89. The Balaban J connectivity index is 1.55. The summed E-state index contributed by atoms with van der Waals surface area (Å²) in [4.78, 5) is 9.38. The van der Waals surface area contributed by atoms with Crippen LogP contribution >= 0.6 is 0 Å². The molecule has 0 saturated carbocycles. The van der Waals surface area contributed by atoms with E-state index in [2.05, 4.69) is 41.6 Å². The first-order valence-electron chi connectivity index (χ1n) is 9.32. The predicted octanol–water partition coefficient (Wildman–Crippen LogP) is 3.68. The van der Waals surface area contributed by atoms with Crippen molar-refractivity contribution in [2.24, 2.45) is 11.3 Å². The van der Waals surface area contributed by atoms with Gasteiger partial charge in [0.2, 0.25) is 0 Å². The van der Waals surface area contributed by atoms with Gasteiger partial charge >= 0.3 is 0 Å². The molecule has 2 aliphatic rings. The molecule has 0 radical (unpaired) electrons. The second-order valence-corrected chi connectivity index (χ2v) is 8.43. The molecule has 0 N–H and O–H groups in total. The number of nitrogens with zero attached hydrogens (tertiary/aromatic N) is 4. The van der Waals surface area contributed by atoms with Crippen LogP contribution in [0.25, 0.3) is 0 Å². The normalized spacial score (nSPS) is 23.9. The minimum Gasteiger partial charge on any atom is -0.370 e. The van der Waals surface area contributed by atoms with Crippen molar-refractivity contribution in [2.45, 2.75) is 52.5 Å². The average Bonchev–Trinajstić information content (AvgIpc) is 2.61. The number of anilines is 1. The largest absolute Gasteiger partial charge is 0.370 e. The van der Waals surface area contributed by atoms with Crippen LogP contribution < -0.4 is 4.90 Å². The summed E-state index contributed by atoms with van der Waals surface area (Å²) in [6.45, 7) is 11.9. The molecule has 4 nitrogen and oxygen atoms in total. The molecule has 0 spiro atoms. The first kappa shape index (κ1) is 17.2. The first-order valence-corrected chi connectivity index (χ1v) is 9.32. The summed E-state index contributed by atoms with van der Waals surface area (Å²) in [5.74, 6) is 0.826. The number of aromatic nitrogens is 1. The smallest absolute Gasteiger partial charge is 0.140 e. The van der Waals surface area contributed by atoms with Crippen molar-refractivity contribution in [3.05, 3.63) is 24.0 Å². The van der Waals surface area contributed by atoms with Crippen LogP contribution in [-0.4, -0.2) is 42.1 Å². The van der Waals surface area contributed by atoms with Crippen LogP contribution in [-0.2, 0) is 0 Å². The molecule has 0 aromatic carbocycles. The van der Waals surface area contributed by atoms with Gasteiger partial charge in [-0.15, -0.1) is 0 Å². The predicted molar refractivity (Wildman–Crippen MR) is 97.9 cm³/mol. The summed E-state index contributed by atoms with van der Waals surface area (Å²) >= 11 is 0. The Bertz CT molecular complexity index is 573. The molecule has 1 unspecified atom stereocenters. The van der Waals surface area contributed by atoms with Crippen LogP contribution in [0.3, 0.4) is 0 Å². The maximum atomic E-state index is 8.86. The number of rotatable bonds is 2. The highest BCUT2D eigenvalue weighted by atomic mass is 15.2. The van der Waals surface area contributed by atoms with Gasteiger partial charge in [-0.25, -0.2) is 4.98 Å². The minimum absolute atomic E-state index is 0.424. The van der Waals surface area contributed by atoms with E-state index in [0.29, 0.717) is 11.1 Å². The van der Waals surface area contributed by atoms with Crippen molar-refractivity contribution in [1.29, 1.82) is 5.26 Å². The van der Waals surface area contributed by atoms with E-state index in [9.17, 15) is 0 Å². The molecule has 3 heterocycles. The van der Waals surface area contributed by atoms with Gasteiger partial charge in [0.25, 0.3) is 0 Å². The van der Waals surface area contributed by atoms with Gasteiger partial charge in [0.1, 0.15) is 11.8 Å². The van der Waals surface area contributed by atoms with Gasteiger partial charge in [0.05, 0.1) is 11.9 Å². The Morgan fingerprint density at radius 1 is 1.12 bits per heavy atom. The van der Waals surface area contributed by atoms with Gasteiger partial charge in [-0.1, -0.05) is 20.8 Å². The highest BCUT2D eigenvalue weighted by Crippen LogP contribution is 2.35. The SMILES string of the molecule is CC(C)(C)C1CCCN(C2CCN(c3ccc(C#N)nc3)CC2)C1. The third-order valence-corrected chi connectivity index (χ3v) is 5.89. The Labute approximate surface area is 146 Å². The van der Waals surface area contributed by atoms with Gasteiger partial charge in [-0.3, -0.25) is 4.90 Å². The van der Waals surface area contributed by atoms with Crippen LogP contribution in [0.5, 0.6) is 0 Å². The topological polar surface area (TPSA) is 43.2 Å². The zero-order valence-corrected chi connectivity index (χ0v) is 15.3. The summed E-state index contributed by atoms with van der Waals surface area (Å²) in [7, 11) is 0. The number of pyridine rings is 1. The number of nitriles is 1. The van der Waals surface area contributed by atoms with E-state index in [1.165, 1.54) is 38.8 Å². The quantitative estimate of drug-likeness (QED) is 0.831. The fourth-order valence-electron chi connectivity index (χ4n) is 4.17. The van der Waals surface area contributed by atoms with Crippen molar-refractivity contribution >= 4 is 5.69 Å². The molecule has 3 rings (SSSR count). The van der Waals surface area contributed by atoms with E-state index in [0.717, 1.165) is 30.7 Å². The zero-order valence-electron chi connectivity index (χ0n) is 15.3. The van der Waals surface area contributed by atoms with Crippen LogP contribution in [0.15, 0.2) is 18.3 Å². The number of hydrogen-bond donors (Lipinski definition) is 0. The van der Waals surface area contributed by atoms with Crippen LogP contribution in [0.1, 0.15) is 52.1 Å². The van der Waals surface area contributed by atoms with Crippen LogP contribution in [0, 0.1) is 22.7 Å². The van der Waals surface area contributed by atoms with E-state index >= 15 is 0 Å². The molecule has 24 heavy (non-hydrogen) atoms. The van der Waals surface area contributed by atoms with E-state index in [1.807, 2.05) is 18.3 Å². The Kier molecular flexibility index (Phi) is 5.10. The van der Waals surface area contributed by atoms with E-state index in [4.69, 9.17) is 5.26 Å². The molecule has 130 valence electrons. The maximum absolute atomic E-state index is 8.86. The van der Waals surface area contributed by atoms with Gasteiger partial charge in [0, 0.05) is 25.7 Å². The van der Waals surface area contributed by atoms with E-state index in [1.54, 1.807) is 0 Å². The van der Waals surface area contributed by atoms with E-state index in [-0.39, 0.29) is 0 Å². The molecular weight excluding hydrogens is 296 g/mol. The molecule has 1 atom stereocenters. The lowest BCUT2D eigenvalue weighted by Crippen LogP contribution is -2.50. The maximum Gasteiger partial charge on any atom is 0.140 e. The van der Waals surface area contributed by atoms with Gasteiger partial charge in [-0.2, -0.15) is 5.26 Å². The summed E-state index contributed by atoms with van der Waals surface area (Å²) < 4.78 is 0. The molecule has 2 fully saturated rings. The molecule has 2 saturated heterocycles. The summed E-state index contributed by atoms with van der Waals surface area (Å²) in [5.41, 5.74) is 2.07. The Hall–Kier alpha value is -1.60. The monoisotopic (exact) mass is 326 g/mol. The standard InChI is InChI=1S/C20H30N4/c1-20(2,3)16-5-4-10-24(15-16)18-8-11-23(12-9-18)19-7-6-17(13-21)22-14-19/h6-7,14,16,18H,4-5,8-12,15H2,1-3H3. The first-order chi connectivity index (χ1) is 11.5. The summed E-state index contributed by atoms with van der Waals surface area (Å²) in [6.07, 6.45) is 7.04. The molecule has 4 heteroatoms. The Morgan fingerprint density at radius 3 is 2.46 bits per heavy atom. The van der Waals surface area contributed by atoms with Crippen molar-refractivity contribution < 1.29 is 0 Å². The summed E-state index contributed by atoms with van der Waals surface area (Å²) in [6, 6.07) is 6.67. The van der Waals surface area contributed by atoms with Crippen LogP contribution in [0.2, 0.25) is 0 Å². The highest BCUT2D eigenvalue weighted by Gasteiger charge is 2.33. The van der Waals surface area contributed by atoms with Gasteiger partial charge in [-0.05, 0) is 55.7 Å². The minimum atomic E-state index is 0.424. The molecule has 0 aliphatic carbocycles. The lowest BCUT2D eigenvalue weighted by molar-refractivity contribution is 0.0593. The van der Waals surface area contributed by atoms with Crippen molar-refractivity contribution in [3.63, 3.8) is 0 Å². The van der Waals surface area contributed by atoms with Gasteiger partial charge < -0.3 is 4.90 Å². The lowest BCUT2D eigenvalue weighted by atomic mass is 9.76. The second-order valence-electron chi connectivity index (χ2n) is 8.43. The van der Waals surface area contributed by atoms with Gasteiger partial charge in [0.15, 0.2) is 0 Å². The number of likely N-dealkylation sites (tertiary alicyclic amines) is 1. The molecule has 0 amide bonds. The fourth-order valence-corrected chi connectivity index (χ4v) is 4.17. The molecular formula is C20H30N4. The average molecular weight is 326 g/mol. The van der Waals surface area contributed by atoms with Crippen molar-refractivity contribution in [3.8, 4) is 6.07 Å². The van der Waals surface area contributed by atoms with Crippen molar-refractivity contribution in [2.75, 3.05) is 31.1 Å². The third kappa shape index (κ3) is 3.89. The number of piperidine rings is 2. The fraction of sp³-hybridized carbons (Fsp3) is 0.700. The number of hydrogen-bond acceptors (Lipinski definition) is 4. The Morgan fingerprint density at radius 2 is 1.88 bits per heavy atom. The molecule has 0 bridgehead atoms. The highest BCUT2D eigenvalue weighted by molar-refractivity contribution is 5.46. The zero-order chi connectivity index (χ0) is 17.2. The summed E-state index contributed by atoms with van der Waals surface area (Å²) in [5, 5.41) is 8.86. The van der Waals surface area contributed by atoms with E-state index < -0.39 is 0 Å². The van der Waals surface area contributed by atoms with Crippen LogP contribution in [0.4, 0.5) is 5.69 Å². The molecule has 2 aliphatic heterocycles. The molecule has 1 aromatic heterocycles. The lowest BCUT2D eigenvalue weighted by Gasteiger charge is -2.45. The second kappa shape index (κ2) is 7.11. The van der Waals surface area contributed by atoms with Crippen molar-refractivity contribution in [1.82, 2.24) is 9.88 Å².